The van der Waals surface area contributed by atoms with E-state index in [1.807, 2.05) is 0 Å². The minimum atomic E-state index is -0.0483. The van der Waals surface area contributed by atoms with Crippen molar-refractivity contribution in [3.63, 3.8) is 0 Å². The maximum absolute atomic E-state index is 6.00. The predicted molar refractivity (Wildman–Crippen MR) is 69.2 cm³/mol. The fourth-order valence-electron chi connectivity index (χ4n) is 2.80. The van der Waals surface area contributed by atoms with E-state index in [1.165, 1.54) is 25.7 Å². The van der Waals surface area contributed by atoms with Crippen LogP contribution in [0.15, 0.2) is 0 Å². The zero-order valence-corrected chi connectivity index (χ0v) is 11.5. The largest absolute Gasteiger partial charge is 0.375 e. The summed E-state index contributed by atoms with van der Waals surface area (Å²) in [5.41, 5.74) is -0.0483. The first-order chi connectivity index (χ1) is 8.05. The minimum Gasteiger partial charge on any atom is -0.375 e. The molecule has 1 atom stereocenters. The first-order valence-corrected chi connectivity index (χ1v) is 7.05. The molecule has 1 saturated carbocycles. The van der Waals surface area contributed by atoms with Gasteiger partial charge in [0.1, 0.15) is 0 Å². The van der Waals surface area contributed by atoms with Gasteiger partial charge in [-0.2, -0.15) is 0 Å². The van der Waals surface area contributed by atoms with Crippen LogP contribution in [-0.4, -0.2) is 37.5 Å². The van der Waals surface area contributed by atoms with Crippen molar-refractivity contribution in [3.8, 4) is 0 Å². The summed E-state index contributed by atoms with van der Waals surface area (Å²) in [6, 6.07) is 0. The van der Waals surface area contributed by atoms with Crippen LogP contribution in [0.25, 0.3) is 0 Å². The third-order valence-electron chi connectivity index (χ3n) is 3.89. The Bertz CT molecular complexity index is 234. The van der Waals surface area contributed by atoms with Crippen molar-refractivity contribution in [1.29, 1.82) is 0 Å². The highest BCUT2D eigenvalue weighted by Gasteiger charge is 2.29. The second kappa shape index (κ2) is 5.68. The van der Waals surface area contributed by atoms with E-state index in [0.717, 1.165) is 25.6 Å². The molecule has 0 spiro atoms. The average molecular weight is 241 g/mol. The molecule has 0 bridgehead atoms. The van der Waals surface area contributed by atoms with Gasteiger partial charge in [0.05, 0.1) is 24.4 Å². The van der Waals surface area contributed by atoms with E-state index in [9.17, 15) is 0 Å². The number of hydrogen-bond donors (Lipinski definition) is 1. The summed E-state index contributed by atoms with van der Waals surface area (Å²) < 4.78 is 12.0. The van der Waals surface area contributed by atoms with Gasteiger partial charge in [-0.15, -0.1) is 0 Å². The van der Waals surface area contributed by atoms with E-state index in [2.05, 4.69) is 26.1 Å². The van der Waals surface area contributed by atoms with Crippen LogP contribution >= 0.6 is 0 Å². The Hall–Kier alpha value is -0.120. The van der Waals surface area contributed by atoms with Gasteiger partial charge < -0.3 is 14.8 Å². The topological polar surface area (TPSA) is 30.5 Å². The Morgan fingerprint density at radius 1 is 1.24 bits per heavy atom. The quantitative estimate of drug-likeness (QED) is 0.822. The second-order valence-corrected chi connectivity index (χ2v) is 6.35. The van der Waals surface area contributed by atoms with Crippen LogP contribution in [0.2, 0.25) is 0 Å². The van der Waals surface area contributed by atoms with Crippen molar-refractivity contribution < 1.29 is 9.47 Å². The van der Waals surface area contributed by atoms with Crippen LogP contribution in [0.1, 0.15) is 46.5 Å². The average Bonchev–Trinajstić information content (AvgIpc) is 2.27. The van der Waals surface area contributed by atoms with Gasteiger partial charge in [-0.05, 0) is 45.4 Å². The third kappa shape index (κ3) is 4.23. The lowest BCUT2D eigenvalue weighted by molar-refractivity contribution is -0.132. The van der Waals surface area contributed by atoms with E-state index < -0.39 is 0 Å². The molecule has 1 aliphatic heterocycles. The molecule has 0 aromatic carbocycles. The lowest BCUT2D eigenvalue weighted by Crippen LogP contribution is -2.52. The van der Waals surface area contributed by atoms with E-state index in [-0.39, 0.29) is 11.7 Å². The van der Waals surface area contributed by atoms with Crippen molar-refractivity contribution >= 4 is 0 Å². The number of morpholine rings is 1. The normalized spacial score (nSPS) is 37.9. The van der Waals surface area contributed by atoms with Crippen LogP contribution < -0.4 is 5.32 Å². The number of ether oxygens (including phenoxy) is 2. The highest BCUT2D eigenvalue weighted by molar-refractivity contribution is 4.81. The molecule has 0 radical (unpaired) electrons. The Morgan fingerprint density at radius 3 is 2.59 bits per heavy atom. The maximum Gasteiger partial charge on any atom is 0.0940 e. The summed E-state index contributed by atoms with van der Waals surface area (Å²) in [5, 5.41) is 3.41. The van der Waals surface area contributed by atoms with Gasteiger partial charge in [-0.25, -0.2) is 0 Å². The molecule has 1 aliphatic carbocycles. The van der Waals surface area contributed by atoms with Crippen molar-refractivity contribution in [2.45, 2.75) is 64.3 Å². The van der Waals surface area contributed by atoms with Gasteiger partial charge >= 0.3 is 0 Å². The summed E-state index contributed by atoms with van der Waals surface area (Å²) in [5.74, 6) is 0.890. The van der Waals surface area contributed by atoms with Crippen LogP contribution in [-0.2, 0) is 9.47 Å². The molecule has 1 heterocycles. The molecular formula is C14H27NO2. The van der Waals surface area contributed by atoms with E-state index in [1.54, 1.807) is 0 Å². The van der Waals surface area contributed by atoms with Gasteiger partial charge in [-0.1, -0.05) is 6.92 Å². The molecule has 0 aromatic rings. The van der Waals surface area contributed by atoms with Gasteiger partial charge in [0.25, 0.3) is 0 Å². The SMILES string of the molecule is CC1CCC(OCC2CNCC(C)(C)O2)CC1. The molecule has 3 heteroatoms. The summed E-state index contributed by atoms with van der Waals surface area (Å²) in [6.07, 6.45) is 5.79. The van der Waals surface area contributed by atoms with Crippen molar-refractivity contribution in [1.82, 2.24) is 5.32 Å². The Kier molecular flexibility index (Phi) is 4.45. The molecule has 1 saturated heterocycles. The molecular weight excluding hydrogens is 214 g/mol. The lowest BCUT2D eigenvalue weighted by Gasteiger charge is -2.37. The highest BCUT2D eigenvalue weighted by atomic mass is 16.6. The first-order valence-electron chi connectivity index (χ1n) is 7.05. The van der Waals surface area contributed by atoms with Crippen LogP contribution in [0.3, 0.4) is 0 Å². The third-order valence-corrected chi connectivity index (χ3v) is 3.89. The molecule has 3 nitrogen and oxygen atoms in total. The number of nitrogens with one attached hydrogen (secondary N) is 1. The predicted octanol–water partition coefficient (Wildman–Crippen LogP) is 2.35. The van der Waals surface area contributed by atoms with Gasteiger partial charge in [0.2, 0.25) is 0 Å². The van der Waals surface area contributed by atoms with Crippen molar-refractivity contribution in [2.24, 2.45) is 5.92 Å². The Morgan fingerprint density at radius 2 is 1.94 bits per heavy atom. The van der Waals surface area contributed by atoms with E-state index in [0.29, 0.717) is 6.10 Å². The smallest absolute Gasteiger partial charge is 0.0940 e. The Balaban J connectivity index is 1.68. The van der Waals surface area contributed by atoms with Gasteiger partial charge in [0.15, 0.2) is 0 Å². The molecule has 100 valence electrons. The fourth-order valence-corrected chi connectivity index (χ4v) is 2.80. The fraction of sp³-hybridized carbons (Fsp3) is 1.00. The standard InChI is InChI=1S/C14H27NO2/c1-11-4-6-12(7-5-11)16-9-13-8-15-10-14(2,3)17-13/h11-13,15H,4-10H2,1-3H3. The monoisotopic (exact) mass is 241 g/mol. The molecule has 2 rings (SSSR count). The summed E-state index contributed by atoms with van der Waals surface area (Å²) in [4.78, 5) is 0. The zero-order chi connectivity index (χ0) is 12.3. The van der Waals surface area contributed by atoms with Crippen LogP contribution in [0, 0.1) is 5.92 Å². The number of rotatable bonds is 3. The van der Waals surface area contributed by atoms with Crippen molar-refractivity contribution in [2.75, 3.05) is 19.7 Å². The molecule has 0 amide bonds. The maximum atomic E-state index is 6.00. The van der Waals surface area contributed by atoms with E-state index >= 15 is 0 Å². The van der Waals surface area contributed by atoms with E-state index in [4.69, 9.17) is 9.47 Å². The summed E-state index contributed by atoms with van der Waals surface area (Å²) >= 11 is 0. The molecule has 1 unspecified atom stereocenters. The highest BCUT2D eigenvalue weighted by Crippen LogP contribution is 2.26. The van der Waals surface area contributed by atoms with Crippen LogP contribution in [0.4, 0.5) is 0 Å². The van der Waals surface area contributed by atoms with Gasteiger partial charge in [0, 0.05) is 13.1 Å². The number of hydrogen-bond acceptors (Lipinski definition) is 3. The Labute approximate surface area is 105 Å². The van der Waals surface area contributed by atoms with Crippen LogP contribution in [0.5, 0.6) is 0 Å². The lowest BCUT2D eigenvalue weighted by atomic mass is 9.89. The molecule has 0 aromatic heterocycles. The molecule has 17 heavy (non-hydrogen) atoms. The second-order valence-electron chi connectivity index (χ2n) is 6.35. The minimum absolute atomic E-state index is 0.0483. The summed E-state index contributed by atoms with van der Waals surface area (Å²) in [7, 11) is 0. The first kappa shape index (κ1) is 13.3. The van der Waals surface area contributed by atoms with Gasteiger partial charge in [-0.3, -0.25) is 0 Å². The molecule has 1 N–H and O–H groups in total. The molecule has 2 fully saturated rings. The van der Waals surface area contributed by atoms with Crippen molar-refractivity contribution in [3.05, 3.63) is 0 Å². The zero-order valence-electron chi connectivity index (χ0n) is 11.5. The molecule has 2 aliphatic rings. The summed E-state index contributed by atoms with van der Waals surface area (Å²) in [6.45, 7) is 9.21.